The first-order valence-corrected chi connectivity index (χ1v) is 12.9. The number of aromatic nitrogens is 1. The molecule has 38 heavy (non-hydrogen) atoms. The molecule has 1 amide bonds. The van der Waals surface area contributed by atoms with Crippen LogP contribution in [0.2, 0.25) is 5.02 Å². The van der Waals surface area contributed by atoms with Gasteiger partial charge in [0.1, 0.15) is 0 Å². The van der Waals surface area contributed by atoms with Gasteiger partial charge in [0.2, 0.25) is 0 Å². The molecular weight excluding hydrogens is 570 g/mol. The Morgan fingerprint density at radius 1 is 1.03 bits per heavy atom. The number of hydrogen-bond donors (Lipinski definition) is 1. The average molecular weight is 591 g/mol. The van der Waals surface area contributed by atoms with E-state index < -0.39 is 17.9 Å². The van der Waals surface area contributed by atoms with Crippen LogP contribution in [-0.2, 0) is 14.3 Å². The van der Waals surface area contributed by atoms with E-state index in [4.69, 9.17) is 11.6 Å². The number of rotatable bonds is 5. The Balaban J connectivity index is 1.69. The zero-order chi connectivity index (χ0) is 26.8. The van der Waals surface area contributed by atoms with Gasteiger partial charge in [-0.2, -0.15) is 5.10 Å². The zero-order valence-electron chi connectivity index (χ0n) is 20.2. The highest BCUT2D eigenvalue weighted by Crippen LogP contribution is 2.37. The minimum absolute atomic E-state index is 0.282. The number of nitrogens with one attached hydrogen (secondary N) is 1. The molecule has 7 nitrogen and oxygen atoms in total. The van der Waals surface area contributed by atoms with Crippen LogP contribution in [0.5, 0.6) is 0 Å². The van der Waals surface area contributed by atoms with Crippen molar-refractivity contribution in [1.29, 1.82) is 0 Å². The molecule has 1 atom stereocenters. The van der Waals surface area contributed by atoms with Crippen LogP contribution in [-0.4, -0.2) is 34.7 Å². The van der Waals surface area contributed by atoms with E-state index in [9.17, 15) is 14.4 Å². The number of amides is 1. The fourth-order valence-corrected chi connectivity index (χ4v) is 4.92. The van der Waals surface area contributed by atoms with Crippen LogP contribution >= 0.6 is 27.5 Å². The number of esters is 1. The zero-order valence-corrected chi connectivity index (χ0v) is 22.5. The van der Waals surface area contributed by atoms with Gasteiger partial charge in [0.25, 0.3) is 11.5 Å². The summed E-state index contributed by atoms with van der Waals surface area (Å²) in [5.74, 6) is -1.18. The smallest absolute Gasteiger partial charge is 0.330 e. The second-order valence-corrected chi connectivity index (χ2v) is 9.97. The van der Waals surface area contributed by atoms with E-state index in [1.54, 1.807) is 12.1 Å². The highest BCUT2D eigenvalue weighted by atomic mass is 79.9. The van der Waals surface area contributed by atoms with Crippen LogP contribution < -0.4 is 5.56 Å². The minimum Gasteiger partial charge on any atom is -0.466 e. The second-order valence-electron chi connectivity index (χ2n) is 8.61. The molecular formula is C29H21BrClN3O4. The van der Waals surface area contributed by atoms with Crippen molar-refractivity contribution in [1.82, 2.24) is 9.99 Å². The molecule has 0 saturated carbocycles. The molecule has 1 aliphatic heterocycles. The minimum atomic E-state index is -0.659. The molecule has 9 heteroatoms. The number of ether oxygens (including phenoxy) is 1. The molecule has 0 fully saturated rings. The number of nitrogens with zero attached hydrogens (tertiary/aromatic N) is 2. The van der Waals surface area contributed by atoms with Gasteiger partial charge in [-0.1, -0.05) is 70.0 Å². The molecule has 1 N–H and O–H groups in total. The third-order valence-corrected chi connectivity index (χ3v) is 7.08. The van der Waals surface area contributed by atoms with Gasteiger partial charge in [-0.15, -0.1) is 0 Å². The van der Waals surface area contributed by atoms with Crippen LogP contribution in [0.1, 0.15) is 23.6 Å². The maximum Gasteiger partial charge on any atom is 0.330 e. The summed E-state index contributed by atoms with van der Waals surface area (Å²) in [5.41, 5.74) is 3.58. The fourth-order valence-electron chi connectivity index (χ4n) is 4.53. The number of carbonyl (C=O) groups excluding carboxylic acids is 2. The Kier molecular flexibility index (Phi) is 7.26. The molecule has 2 heterocycles. The first-order valence-electron chi connectivity index (χ1n) is 11.7. The molecule has 0 radical (unpaired) electrons. The molecule has 0 saturated heterocycles. The van der Waals surface area contributed by atoms with Crippen molar-refractivity contribution in [3.8, 4) is 11.1 Å². The number of aromatic amines is 1. The maximum absolute atomic E-state index is 13.6. The molecule has 3 aromatic carbocycles. The first-order chi connectivity index (χ1) is 18.4. The average Bonchev–Trinajstić information content (AvgIpc) is 3.36. The SMILES string of the molecule is COC(=O)/C=C/C(=O)N1N=C(c2c(-c3ccc(Br)cc3)c3ccccc3[nH]c2=O)CC1c1ccc(Cl)cc1. The van der Waals surface area contributed by atoms with Gasteiger partial charge in [-0.05, 0) is 41.5 Å². The Bertz CT molecular complexity index is 1660. The van der Waals surface area contributed by atoms with Gasteiger partial charge in [0.15, 0.2) is 0 Å². The highest BCUT2D eigenvalue weighted by Gasteiger charge is 2.34. The number of fused-ring (bicyclic) bond motifs is 1. The van der Waals surface area contributed by atoms with Crippen molar-refractivity contribution in [2.24, 2.45) is 5.10 Å². The van der Waals surface area contributed by atoms with E-state index >= 15 is 0 Å². The quantitative estimate of drug-likeness (QED) is 0.227. The Labute approximate surface area is 231 Å². The number of hydrogen-bond acceptors (Lipinski definition) is 5. The largest absolute Gasteiger partial charge is 0.466 e. The van der Waals surface area contributed by atoms with Crippen LogP contribution in [0.4, 0.5) is 0 Å². The van der Waals surface area contributed by atoms with Gasteiger partial charge in [-0.3, -0.25) is 9.59 Å². The number of H-pyrrole nitrogens is 1. The lowest BCUT2D eigenvalue weighted by Crippen LogP contribution is -2.25. The van der Waals surface area contributed by atoms with Gasteiger partial charge in [0.05, 0.1) is 24.4 Å². The monoisotopic (exact) mass is 589 g/mol. The van der Waals surface area contributed by atoms with E-state index in [0.717, 1.165) is 38.7 Å². The van der Waals surface area contributed by atoms with Crippen molar-refractivity contribution < 1.29 is 14.3 Å². The normalized spacial score (nSPS) is 15.2. The first kappa shape index (κ1) is 25.6. The van der Waals surface area contributed by atoms with Crippen LogP contribution in [0.3, 0.4) is 0 Å². The molecule has 190 valence electrons. The third-order valence-electron chi connectivity index (χ3n) is 6.30. The lowest BCUT2D eigenvalue weighted by molar-refractivity contribution is -0.135. The van der Waals surface area contributed by atoms with Gasteiger partial charge in [0, 0.05) is 44.5 Å². The number of methoxy groups -OCH3 is 1. The Hall–Kier alpha value is -4.01. The van der Waals surface area contributed by atoms with E-state index in [1.165, 1.54) is 12.1 Å². The summed E-state index contributed by atoms with van der Waals surface area (Å²) >= 11 is 9.57. The van der Waals surface area contributed by atoms with Crippen molar-refractivity contribution in [2.45, 2.75) is 12.5 Å². The summed E-state index contributed by atoms with van der Waals surface area (Å²) in [4.78, 5) is 41.3. The summed E-state index contributed by atoms with van der Waals surface area (Å²) < 4.78 is 5.52. The standard InChI is InChI=1S/C29H21BrClN3O4/c1-38-26(36)15-14-25(35)34-24(17-8-12-20(31)13-9-17)16-23(33-34)28-27(18-6-10-19(30)11-7-18)21-4-2-3-5-22(21)32-29(28)37/h2-15,24H,16H2,1H3,(H,32,37)/b15-14+. The molecule has 1 aliphatic rings. The fraction of sp³-hybridized carbons (Fsp3) is 0.103. The Morgan fingerprint density at radius 2 is 1.74 bits per heavy atom. The number of hydrazone groups is 1. The van der Waals surface area contributed by atoms with Crippen molar-refractivity contribution >= 4 is 56.0 Å². The van der Waals surface area contributed by atoms with Crippen LogP contribution in [0, 0.1) is 0 Å². The summed E-state index contributed by atoms with van der Waals surface area (Å²) in [7, 11) is 1.23. The van der Waals surface area contributed by atoms with E-state index in [1.807, 2.05) is 60.7 Å². The van der Waals surface area contributed by atoms with Crippen molar-refractivity contribution in [3.63, 3.8) is 0 Å². The number of pyridine rings is 1. The molecule has 1 unspecified atom stereocenters. The predicted molar refractivity (Wildman–Crippen MR) is 151 cm³/mol. The summed E-state index contributed by atoms with van der Waals surface area (Å²) in [5, 5.41) is 7.35. The van der Waals surface area contributed by atoms with Crippen LogP contribution in [0.25, 0.3) is 22.0 Å². The van der Waals surface area contributed by atoms with Crippen molar-refractivity contribution in [3.05, 3.63) is 116 Å². The summed E-state index contributed by atoms with van der Waals surface area (Å²) in [6, 6.07) is 21.8. The molecule has 0 spiro atoms. The predicted octanol–water partition coefficient (Wildman–Crippen LogP) is 6.02. The molecule has 0 aliphatic carbocycles. The van der Waals surface area contributed by atoms with Crippen molar-refractivity contribution in [2.75, 3.05) is 7.11 Å². The van der Waals surface area contributed by atoms with Gasteiger partial charge >= 0.3 is 5.97 Å². The lowest BCUT2D eigenvalue weighted by Gasteiger charge is -2.20. The van der Waals surface area contributed by atoms with Crippen LogP contribution in [0.15, 0.2) is 99.3 Å². The summed E-state index contributed by atoms with van der Waals surface area (Å²) in [6.07, 6.45) is 2.44. The number of para-hydroxylation sites is 1. The molecule has 1 aromatic heterocycles. The van der Waals surface area contributed by atoms with E-state index in [-0.39, 0.29) is 12.0 Å². The molecule has 4 aromatic rings. The third kappa shape index (κ3) is 5.05. The molecule has 5 rings (SSSR count). The number of benzene rings is 3. The molecule has 0 bridgehead atoms. The Morgan fingerprint density at radius 3 is 2.45 bits per heavy atom. The van der Waals surface area contributed by atoms with E-state index in [0.29, 0.717) is 21.8 Å². The second kappa shape index (κ2) is 10.8. The topological polar surface area (TPSA) is 91.8 Å². The number of carbonyl (C=O) groups is 2. The number of halogens is 2. The lowest BCUT2D eigenvalue weighted by atomic mass is 9.91. The van der Waals surface area contributed by atoms with Gasteiger partial charge in [-0.25, -0.2) is 9.80 Å². The van der Waals surface area contributed by atoms with E-state index in [2.05, 4.69) is 30.8 Å². The summed E-state index contributed by atoms with van der Waals surface area (Å²) in [6.45, 7) is 0. The van der Waals surface area contributed by atoms with Gasteiger partial charge < -0.3 is 9.72 Å². The highest BCUT2D eigenvalue weighted by molar-refractivity contribution is 9.10. The maximum atomic E-state index is 13.6.